The van der Waals surface area contributed by atoms with Gasteiger partial charge in [0, 0.05) is 12.7 Å². The van der Waals surface area contributed by atoms with Crippen LogP contribution in [0.15, 0.2) is 42.6 Å². The Hall–Kier alpha value is -2.89. The van der Waals surface area contributed by atoms with Crippen LogP contribution in [0.3, 0.4) is 0 Å². The number of pyridine rings is 1. The second kappa shape index (κ2) is 7.59. The molecule has 1 aromatic carbocycles. The molecular weight excluding hydrogens is 302 g/mol. The molecule has 3 aromatic rings. The molecule has 6 heteroatoms. The van der Waals surface area contributed by atoms with Crippen LogP contribution in [0.25, 0.3) is 10.9 Å². The highest BCUT2D eigenvalue weighted by molar-refractivity contribution is 5.95. The SMILES string of the molecule is CCCCNc1nc(N)nc2cccc(OCc3ccccn3)c12. The van der Waals surface area contributed by atoms with E-state index < -0.39 is 0 Å². The molecule has 0 saturated carbocycles. The number of nitrogens with two attached hydrogens (primary N) is 1. The van der Waals surface area contributed by atoms with Gasteiger partial charge in [-0.25, -0.2) is 4.98 Å². The van der Waals surface area contributed by atoms with Gasteiger partial charge in [0.1, 0.15) is 18.2 Å². The monoisotopic (exact) mass is 323 g/mol. The summed E-state index contributed by atoms with van der Waals surface area (Å²) < 4.78 is 5.97. The molecule has 124 valence electrons. The summed E-state index contributed by atoms with van der Waals surface area (Å²) in [4.78, 5) is 12.9. The number of aromatic nitrogens is 3. The van der Waals surface area contributed by atoms with Crippen molar-refractivity contribution in [2.45, 2.75) is 26.4 Å². The molecule has 2 heterocycles. The molecule has 0 aliphatic carbocycles. The smallest absolute Gasteiger partial charge is 0.222 e. The lowest BCUT2D eigenvalue weighted by atomic mass is 10.2. The van der Waals surface area contributed by atoms with Crippen molar-refractivity contribution < 1.29 is 4.74 Å². The molecule has 0 spiro atoms. The molecule has 2 aromatic heterocycles. The molecule has 6 nitrogen and oxygen atoms in total. The molecule has 0 saturated heterocycles. The predicted molar refractivity (Wildman–Crippen MR) is 95.9 cm³/mol. The van der Waals surface area contributed by atoms with E-state index in [4.69, 9.17) is 10.5 Å². The van der Waals surface area contributed by atoms with E-state index in [2.05, 4.69) is 27.2 Å². The highest BCUT2D eigenvalue weighted by atomic mass is 16.5. The van der Waals surface area contributed by atoms with Gasteiger partial charge in [0.2, 0.25) is 5.95 Å². The minimum Gasteiger partial charge on any atom is -0.486 e. The van der Waals surface area contributed by atoms with Crippen LogP contribution in [0.4, 0.5) is 11.8 Å². The summed E-state index contributed by atoms with van der Waals surface area (Å²) in [6.07, 6.45) is 3.92. The molecule has 0 aliphatic rings. The third-order valence-corrected chi connectivity index (χ3v) is 3.63. The zero-order valence-corrected chi connectivity index (χ0v) is 13.7. The molecule has 0 aliphatic heterocycles. The number of hydrogen-bond acceptors (Lipinski definition) is 6. The molecule has 0 amide bonds. The maximum Gasteiger partial charge on any atom is 0.222 e. The minimum atomic E-state index is 0.253. The lowest BCUT2D eigenvalue weighted by molar-refractivity contribution is 0.305. The summed E-state index contributed by atoms with van der Waals surface area (Å²) in [5.41, 5.74) is 7.46. The number of fused-ring (bicyclic) bond motifs is 1. The average Bonchev–Trinajstić information content (AvgIpc) is 2.60. The number of nitrogen functional groups attached to an aromatic ring is 1. The molecule has 0 bridgehead atoms. The van der Waals surface area contributed by atoms with Gasteiger partial charge in [-0.1, -0.05) is 25.5 Å². The minimum absolute atomic E-state index is 0.253. The van der Waals surface area contributed by atoms with E-state index >= 15 is 0 Å². The first kappa shape index (κ1) is 16.0. The van der Waals surface area contributed by atoms with Crippen molar-refractivity contribution in [3.05, 3.63) is 48.3 Å². The van der Waals surface area contributed by atoms with Gasteiger partial charge >= 0.3 is 0 Å². The van der Waals surface area contributed by atoms with Crippen molar-refractivity contribution >= 4 is 22.7 Å². The van der Waals surface area contributed by atoms with Crippen LogP contribution < -0.4 is 15.8 Å². The largest absolute Gasteiger partial charge is 0.486 e. The number of unbranched alkanes of at least 4 members (excludes halogenated alkanes) is 1. The Kier molecular flexibility index (Phi) is 5.05. The van der Waals surface area contributed by atoms with Crippen LogP contribution in [0.1, 0.15) is 25.5 Å². The molecule has 0 fully saturated rings. The third kappa shape index (κ3) is 3.71. The number of nitrogens with one attached hydrogen (secondary N) is 1. The van der Waals surface area contributed by atoms with Crippen molar-refractivity contribution in [1.29, 1.82) is 0 Å². The maximum absolute atomic E-state index is 5.97. The highest BCUT2D eigenvalue weighted by Gasteiger charge is 2.12. The quantitative estimate of drug-likeness (QED) is 0.648. The summed E-state index contributed by atoms with van der Waals surface area (Å²) >= 11 is 0. The van der Waals surface area contributed by atoms with Crippen LogP contribution >= 0.6 is 0 Å². The molecule has 0 radical (unpaired) electrons. The lowest BCUT2D eigenvalue weighted by Gasteiger charge is -2.13. The van der Waals surface area contributed by atoms with Crippen LogP contribution in [0.2, 0.25) is 0 Å². The number of benzene rings is 1. The second-order valence-corrected chi connectivity index (χ2v) is 5.47. The van der Waals surface area contributed by atoms with Gasteiger partial charge in [-0.2, -0.15) is 4.98 Å². The summed E-state index contributed by atoms with van der Waals surface area (Å²) in [6.45, 7) is 3.37. The maximum atomic E-state index is 5.97. The molecule has 3 rings (SSSR count). The number of anilines is 2. The summed E-state index contributed by atoms with van der Waals surface area (Å²) in [6, 6.07) is 11.5. The Morgan fingerprint density at radius 2 is 2.04 bits per heavy atom. The number of nitrogens with zero attached hydrogens (tertiary/aromatic N) is 3. The van der Waals surface area contributed by atoms with Crippen molar-refractivity contribution in [2.75, 3.05) is 17.6 Å². The highest BCUT2D eigenvalue weighted by Crippen LogP contribution is 2.31. The first-order chi connectivity index (χ1) is 11.8. The third-order valence-electron chi connectivity index (χ3n) is 3.63. The van der Waals surface area contributed by atoms with Gasteiger partial charge in [-0.3, -0.25) is 4.98 Å². The predicted octanol–water partition coefficient (Wildman–Crippen LogP) is 3.40. The first-order valence-electron chi connectivity index (χ1n) is 8.10. The fourth-order valence-electron chi connectivity index (χ4n) is 2.44. The van der Waals surface area contributed by atoms with E-state index in [1.807, 2.05) is 36.4 Å². The molecule has 24 heavy (non-hydrogen) atoms. The van der Waals surface area contributed by atoms with Gasteiger partial charge in [0.15, 0.2) is 0 Å². The van der Waals surface area contributed by atoms with Gasteiger partial charge in [-0.15, -0.1) is 0 Å². The Bertz CT molecular complexity index is 807. The van der Waals surface area contributed by atoms with Crippen LogP contribution in [-0.4, -0.2) is 21.5 Å². The standard InChI is InChI=1S/C18H21N5O/c1-2-3-10-21-17-16-14(22-18(19)23-17)8-6-9-15(16)24-12-13-7-4-5-11-20-13/h4-9,11H,2-3,10,12H2,1H3,(H3,19,21,22,23). The summed E-state index contributed by atoms with van der Waals surface area (Å²) in [5.74, 6) is 1.68. The lowest BCUT2D eigenvalue weighted by Crippen LogP contribution is -2.07. The van der Waals surface area contributed by atoms with E-state index in [1.165, 1.54) is 0 Å². The first-order valence-corrected chi connectivity index (χ1v) is 8.10. The van der Waals surface area contributed by atoms with Crippen LogP contribution in [0.5, 0.6) is 5.75 Å². The van der Waals surface area contributed by atoms with Gasteiger partial charge in [0.25, 0.3) is 0 Å². The number of hydrogen-bond donors (Lipinski definition) is 2. The zero-order valence-electron chi connectivity index (χ0n) is 13.7. The van der Waals surface area contributed by atoms with Crippen molar-refractivity contribution in [1.82, 2.24) is 15.0 Å². The van der Waals surface area contributed by atoms with Gasteiger partial charge in [0.05, 0.1) is 16.6 Å². The topological polar surface area (TPSA) is 86.0 Å². The van der Waals surface area contributed by atoms with E-state index in [0.717, 1.165) is 41.7 Å². The van der Waals surface area contributed by atoms with E-state index in [9.17, 15) is 0 Å². The van der Waals surface area contributed by atoms with Crippen molar-refractivity contribution in [3.63, 3.8) is 0 Å². The van der Waals surface area contributed by atoms with Gasteiger partial charge in [-0.05, 0) is 30.7 Å². The molecule has 0 atom stereocenters. The van der Waals surface area contributed by atoms with Crippen molar-refractivity contribution in [2.24, 2.45) is 0 Å². The number of ether oxygens (including phenoxy) is 1. The normalized spacial score (nSPS) is 10.7. The van der Waals surface area contributed by atoms with Crippen LogP contribution in [0, 0.1) is 0 Å². The second-order valence-electron chi connectivity index (χ2n) is 5.47. The zero-order chi connectivity index (χ0) is 16.8. The van der Waals surface area contributed by atoms with E-state index in [1.54, 1.807) is 6.20 Å². The van der Waals surface area contributed by atoms with Crippen LogP contribution in [-0.2, 0) is 6.61 Å². The molecule has 0 unspecified atom stereocenters. The number of rotatable bonds is 7. The van der Waals surface area contributed by atoms with E-state index in [-0.39, 0.29) is 5.95 Å². The Balaban J connectivity index is 1.91. The van der Waals surface area contributed by atoms with Gasteiger partial charge < -0.3 is 15.8 Å². The molecule has 3 N–H and O–H groups in total. The molecular formula is C18H21N5O. The summed E-state index contributed by atoms with van der Waals surface area (Å²) in [5, 5.41) is 4.19. The van der Waals surface area contributed by atoms with Crippen molar-refractivity contribution in [3.8, 4) is 5.75 Å². The van der Waals surface area contributed by atoms with E-state index in [0.29, 0.717) is 12.4 Å². The fraction of sp³-hybridized carbons (Fsp3) is 0.278. The Labute approximate surface area is 141 Å². The Morgan fingerprint density at radius 3 is 2.83 bits per heavy atom. The average molecular weight is 323 g/mol. The Morgan fingerprint density at radius 1 is 1.12 bits per heavy atom. The summed E-state index contributed by atoms with van der Waals surface area (Å²) in [7, 11) is 0. The fourth-order valence-corrected chi connectivity index (χ4v) is 2.44.